The molecule has 8 heteroatoms. The van der Waals surface area contributed by atoms with Gasteiger partial charge in [0.05, 0.1) is 23.9 Å². The lowest BCUT2D eigenvalue weighted by atomic mass is 10.2. The maximum absolute atomic E-state index is 10.5. The summed E-state index contributed by atoms with van der Waals surface area (Å²) in [4.78, 5) is 9.07. The molecule has 0 aliphatic carbocycles. The minimum atomic E-state index is -0.397. The Labute approximate surface area is 206 Å². The van der Waals surface area contributed by atoms with Gasteiger partial charge in [-0.25, -0.2) is 0 Å². The van der Waals surface area contributed by atoms with Crippen LogP contribution in [0.2, 0.25) is 5.02 Å². The first kappa shape index (κ1) is 24.5. The van der Waals surface area contributed by atoms with E-state index >= 15 is 0 Å². The zero-order valence-electron chi connectivity index (χ0n) is 19.7. The van der Waals surface area contributed by atoms with E-state index in [0.29, 0.717) is 24.7 Å². The normalized spacial score (nSPS) is 15.4. The Kier molecular flexibility index (Phi) is 8.82. The van der Waals surface area contributed by atoms with Crippen LogP contribution in [0.5, 0.6) is 5.75 Å². The van der Waals surface area contributed by atoms with E-state index in [-0.39, 0.29) is 0 Å². The van der Waals surface area contributed by atoms with Gasteiger partial charge in [0.25, 0.3) is 0 Å². The number of piperazine rings is 1. The van der Waals surface area contributed by atoms with E-state index in [2.05, 4.69) is 37.6 Å². The Hall–Kier alpha value is -2.58. The van der Waals surface area contributed by atoms with Crippen molar-refractivity contribution in [2.24, 2.45) is 0 Å². The first-order valence-corrected chi connectivity index (χ1v) is 12.4. The lowest BCUT2D eigenvalue weighted by Gasteiger charge is -2.37. The predicted molar refractivity (Wildman–Crippen MR) is 140 cm³/mol. The molecule has 34 heavy (non-hydrogen) atoms. The standard InChI is InChI=1S/C26H34ClN5O2/c1-2-34-26-6-4-3-5-25(26)32-15-13-31(14-16-32)19-21(33)18-28-11-12-30-23-9-10-29-24-17-20(27)7-8-22(23)24/h3-10,17,21,28,33H,2,11-16,18-19H2,1H3,(H,29,30)/t21-/m0/s1. The molecule has 7 nitrogen and oxygen atoms in total. The summed E-state index contributed by atoms with van der Waals surface area (Å²) in [6, 6.07) is 15.9. The monoisotopic (exact) mass is 483 g/mol. The Bertz CT molecular complexity index is 1060. The summed E-state index contributed by atoms with van der Waals surface area (Å²) >= 11 is 6.06. The summed E-state index contributed by atoms with van der Waals surface area (Å²) in [5.74, 6) is 0.944. The number of ether oxygens (including phenoxy) is 1. The first-order valence-electron chi connectivity index (χ1n) is 12.0. The SMILES string of the molecule is CCOc1ccccc1N1CCN(C[C@@H](O)CNCCNc2ccnc3cc(Cl)ccc23)CC1. The lowest BCUT2D eigenvalue weighted by molar-refractivity contribution is 0.108. The number of hydrogen-bond donors (Lipinski definition) is 3. The average molecular weight is 484 g/mol. The van der Waals surface area contributed by atoms with Gasteiger partial charge >= 0.3 is 0 Å². The minimum Gasteiger partial charge on any atom is -0.492 e. The second-order valence-electron chi connectivity index (χ2n) is 8.49. The highest BCUT2D eigenvalue weighted by molar-refractivity contribution is 6.31. The summed E-state index contributed by atoms with van der Waals surface area (Å²) in [7, 11) is 0. The number of aromatic nitrogens is 1. The minimum absolute atomic E-state index is 0.397. The fourth-order valence-corrected chi connectivity index (χ4v) is 4.53. The molecule has 0 radical (unpaired) electrons. The van der Waals surface area contributed by atoms with Crippen LogP contribution in [0.1, 0.15) is 6.92 Å². The van der Waals surface area contributed by atoms with Gasteiger partial charge in [-0.15, -0.1) is 0 Å². The van der Waals surface area contributed by atoms with Gasteiger partial charge in [0.15, 0.2) is 0 Å². The quantitative estimate of drug-likeness (QED) is 0.361. The van der Waals surface area contributed by atoms with E-state index in [1.54, 1.807) is 6.20 Å². The third-order valence-electron chi connectivity index (χ3n) is 6.05. The van der Waals surface area contributed by atoms with Crippen molar-refractivity contribution in [1.29, 1.82) is 0 Å². The number of benzene rings is 2. The van der Waals surface area contributed by atoms with Gasteiger partial charge in [0, 0.05) is 74.7 Å². The molecule has 1 aliphatic rings. The number of para-hydroxylation sites is 2. The number of aliphatic hydroxyl groups is 1. The van der Waals surface area contributed by atoms with E-state index in [4.69, 9.17) is 16.3 Å². The molecule has 1 fully saturated rings. The average Bonchev–Trinajstić information content (AvgIpc) is 2.85. The van der Waals surface area contributed by atoms with Gasteiger partial charge in [0.2, 0.25) is 0 Å². The molecule has 1 saturated heterocycles. The number of aliphatic hydroxyl groups excluding tert-OH is 1. The number of β-amino-alcohol motifs (C(OH)–C–C–N with tert-alkyl or cyclic N) is 1. The van der Waals surface area contributed by atoms with Crippen LogP contribution < -0.4 is 20.3 Å². The number of nitrogens with zero attached hydrogens (tertiary/aromatic N) is 3. The van der Waals surface area contributed by atoms with E-state index < -0.39 is 6.10 Å². The number of halogens is 1. The van der Waals surface area contributed by atoms with Crippen molar-refractivity contribution < 1.29 is 9.84 Å². The maximum Gasteiger partial charge on any atom is 0.142 e. The van der Waals surface area contributed by atoms with Crippen molar-refractivity contribution in [3.05, 3.63) is 59.8 Å². The fourth-order valence-electron chi connectivity index (χ4n) is 4.36. The Morgan fingerprint density at radius 1 is 1.09 bits per heavy atom. The molecule has 1 aliphatic heterocycles. The fraction of sp³-hybridized carbons (Fsp3) is 0.423. The highest BCUT2D eigenvalue weighted by Gasteiger charge is 2.21. The van der Waals surface area contributed by atoms with Gasteiger partial charge in [-0.2, -0.15) is 0 Å². The van der Waals surface area contributed by atoms with E-state index in [9.17, 15) is 5.11 Å². The Balaban J connectivity index is 1.15. The van der Waals surface area contributed by atoms with Crippen molar-refractivity contribution in [2.45, 2.75) is 13.0 Å². The van der Waals surface area contributed by atoms with E-state index in [1.807, 2.05) is 43.3 Å². The highest BCUT2D eigenvalue weighted by atomic mass is 35.5. The molecular weight excluding hydrogens is 450 g/mol. The Morgan fingerprint density at radius 2 is 1.91 bits per heavy atom. The molecule has 3 N–H and O–H groups in total. The van der Waals surface area contributed by atoms with Crippen LogP contribution in [-0.2, 0) is 0 Å². The number of rotatable bonds is 11. The van der Waals surface area contributed by atoms with Gasteiger partial charge in [-0.05, 0) is 43.3 Å². The summed E-state index contributed by atoms with van der Waals surface area (Å²) in [6.45, 7) is 9.16. The largest absolute Gasteiger partial charge is 0.492 e. The molecule has 182 valence electrons. The smallest absolute Gasteiger partial charge is 0.142 e. The number of hydrogen-bond acceptors (Lipinski definition) is 7. The second-order valence-corrected chi connectivity index (χ2v) is 8.93. The zero-order valence-corrected chi connectivity index (χ0v) is 20.5. The van der Waals surface area contributed by atoms with Crippen molar-refractivity contribution >= 4 is 33.9 Å². The lowest BCUT2D eigenvalue weighted by Crippen LogP contribution is -2.50. The van der Waals surface area contributed by atoms with Crippen molar-refractivity contribution in [1.82, 2.24) is 15.2 Å². The van der Waals surface area contributed by atoms with Crippen LogP contribution in [0, 0.1) is 0 Å². The van der Waals surface area contributed by atoms with Crippen LogP contribution in [0.3, 0.4) is 0 Å². The molecule has 1 aromatic heterocycles. The van der Waals surface area contributed by atoms with Gasteiger partial charge in [-0.1, -0.05) is 23.7 Å². The number of nitrogens with one attached hydrogen (secondary N) is 2. The third-order valence-corrected chi connectivity index (χ3v) is 6.28. The molecule has 0 saturated carbocycles. The predicted octanol–water partition coefficient (Wildman–Crippen LogP) is 3.47. The topological polar surface area (TPSA) is 72.9 Å². The van der Waals surface area contributed by atoms with Crippen LogP contribution in [0.25, 0.3) is 10.9 Å². The van der Waals surface area contributed by atoms with Gasteiger partial charge in [0.1, 0.15) is 5.75 Å². The van der Waals surface area contributed by atoms with E-state index in [0.717, 1.165) is 67.3 Å². The molecule has 0 unspecified atom stereocenters. The highest BCUT2D eigenvalue weighted by Crippen LogP contribution is 2.29. The second kappa shape index (κ2) is 12.2. The zero-order chi connectivity index (χ0) is 23.8. The van der Waals surface area contributed by atoms with Crippen LogP contribution in [0.15, 0.2) is 54.7 Å². The molecule has 0 spiro atoms. The number of pyridine rings is 1. The summed E-state index contributed by atoms with van der Waals surface area (Å²) < 4.78 is 5.78. The molecule has 3 aromatic rings. The third kappa shape index (κ3) is 6.51. The molecule has 2 aromatic carbocycles. The molecule has 0 amide bonds. The molecular formula is C26H34ClN5O2. The maximum atomic E-state index is 10.5. The molecule has 2 heterocycles. The molecule has 4 rings (SSSR count). The van der Waals surface area contributed by atoms with Crippen molar-refractivity contribution in [3.8, 4) is 5.75 Å². The summed E-state index contributed by atoms with van der Waals surface area (Å²) in [5, 5.41) is 19.0. The number of fused-ring (bicyclic) bond motifs is 1. The van der Waals surface area contributed by atoms with Gasteiger partial charge < -0.3 is 25.4 Å². The van der Waals surface area contributed by atoms with Crippen LogP contribution in [-0.4, -0.2) is 80.1 Å². The van der Waals surface area contributed by atoms with Gasteiger partial charge in [-0.3, -0.25) is 9.88 Å². The van der Waals surface area contributed by atoms with Crippen molar-refractivity contribution in [3.63, 3.8) is 0 Å². The van der Waals surface area contributed by atoms with Crippen molar-refractivity contribution in [2.75, 3.05) is 69.2 Å². The summed E-state index contributed by atoms with van der Waals surface area (Å²) in [5.41, 5.74) is 3.07. The summed E-state index contributed by atoms with van der Waals surface area (Å²) in [6.07, 6.45) is 1.39. The number of anilines is 2. The van der Waals surface area contributed by atoms with Crippen LogP contribution in [0.4, 0.5) is 11.4 Å². The molecule has 0 bridgehead atoms. The Morgan fingerprint density at radius 3 is 2.74 bits per heavy atom. The molecule has 1 atom stereocenters. The van der Waals surface area contributed by atoms with E-state index in [1.165, 1.54) is 0 Å². The van der Waals surface area contributed by atoms with Crippen LogP contribution >= 0.6 is 11.6 Å². The first-order chi connectivity index (χ1) is 16.6.